The van der Waals surface area contributed by atoms with Crippen molar-refractivity contribution in [2.24, 2.45) is 0 Å². The zero-order valence-electron chi connectivity index (χ0n) is 13.5. The van der Waals surface area contributed by atoms with Crippen molar-refractivity contribution in [1.29, 1.82) is 0 Å². The van der Waals surface area contributed by atoms with Gasteiger partial charge in [-0.3, -0.25) is 0 Å². The molecule has 140 valence electrons. The van der Waals surface area contributed by atoms with Gasteiger partial charge in [-0.2, -0.15) is 0 Å². The van der Waals surface area contributed by atoms with E-state index in [-0.39, 0.29) is 23.3 Å². The van der Waals surface area contributed by atoms with Gasteiger partial charge in [0.15, 0.2) is 9.84 Å². The van der Waals surface area contributed by atoms with Crippen molar-refractivity contribution in [2.75, 3.05) is 11.5 Å². The van der Waals surface area contributed by atoms with Crippen LogP contribution in [-0.4, -0.2) is 28.3 Å². The highest BCUT2D eigenvalue weighted by Crippen LogP contribution is 2.45. The molecule has 0 bridgehead atoms. The Morgan fingerprint density at radius 3 is 2.12 bits per heavy atom. The molecule has 26 heavy (non-hydrogen) atoms. The molecule has 0 amide bonds. The molecule has 9 heteroatoms. The summed E-state index contributed by atoms with van der Waals surface area (Å²) >= 11 is 5.80. The van der Waals surface area contributed by atoms with Gasteiger partial charge in [-0.1, -0.05) is 11.6 Å². The molecule has 1 saturated heterocycles. The summed E-state index contributed by atoms with van der Waals surface area (Å²) in [5.74, 6) is -2.52. The Kier molecular flexibility index (Phi) is 4.87. The molecule has 1 fully saturated rings. The molecule has 1 heterocycles. The second-order valence-corrected chi connectivity index (χ2v) is 11.2. The molecule has 3 rings (SSSR count). The molecule has 2 aromatic carbocycles. The van der Waals surface area contributed by atoms with E-state index in [4.69, 9.17) is 11.6 Å². The standard InChI is InChI=1S/C17H15ClF2O4S2/c18-12-1-4-14(5-2-12)26(23,24)17(7-9-25(21,22)10-8-17)15-11-13(19)3-6-16(15)20/h1-6,11H,7-10H2. The summed E-state index contributed by atoms with van der Waals surface area (Å²) in [7, 11) is -7.65. The largest absolute Gasteiger partial charge is 0.229 e. The number of hydrogen-bond donors (Lipinski definition) is 0. The van der Waals surface area contributed by atoms with E-state index in [0.717, 1.165) is 18.2 Å². The van der Waals surface area contributed by atoms with Crippen LogP contribution in [-0.2, 0) is 24.4 Å². The number of rotatable bonds is 3. The van der Waals surface area contributed by atoms with E-state index < -0.39 is 47.6 Å². The molecule has 4 nitrogen and oxygen atoms in total. The van der Waals surface area contributed by atoms with Crippen LogP contribution in [0.3, 0.4) is 0 Å². The topological polar surface area (TPSA) is 68.3 Å². The number of halogens is 3. The molecular weight excluding hydrogens is 406 g/mol. The number of benzene rings is 2. The van der Waals surface area contributed by atoms with Gasteiger partial charge in [0.05, 0.1) is 16.4 Å². The molecule has 0 spiro atoms. The van der Waals surface area contributed by atoms with E-state index >= 15 is 0 Å². The van der Waals surface area contributed by atoms with E-state index in [9.17, 15) is 25.6 Å². The minimum atomic E-state index is -4.21. The lowest BCUT2D eigenvalue weighted by Gasteiger charge is -2.37. The molecular formula is C17H15ClF2O4S2. The minimum absolute atomic E-state index is 0.121. The van der Waals surface area contributed by atoms with Crippen LogP contribution < -0.4 is 0 Å². The van der Waals surface area contributed by atoms with Crippen LogP contribution in [0.5, 0.6) is 0 Å². The molecule has 0 unspecified atom stereocenters. The molecule has 0 aliphatic carbocycles. The second kappa shape index (κ2) is 6.58. The summed E-state index contributed by atoms with van der Waals surface area (Å²) in [5, 5.41) is 0.321. The fourth-order valence-corrected chi connectivity index (χ4v) is 7.28. The van der Waals surface area contributed by atoms with Crippen molar-refractivity contribution in [2.45, 2.75) is 22.5 Å². The van der Waals surface area contributed by atoms with Crippen molar-refractivity contribution in [1.82, 2.24) is 0 Å². The predicted octanol–water partition coefficient (Wildman–Crippen LogP) is 3.50. The summed E-state index contributed by atoms with van der Waals surface area (Å²) in [5.41, 5.74) is -0.345. The van der Waals surface area contributed by atoms with Gasteiger partial charge in [0.25, 0.3) is 0 Å². The monoisotopic (exact) mass is 420 g/mol. The summed E-state index contributed by atoms with van der Waals surface area (Å²) in [6.45, 7) is 0. The lowest BCUT2D eigenvalue weighted by atomic mass is 9.91. The highest BCUT2D eigenvalue weighted by atomic mass is 35.5. The maximum atomic E-state index is 14.5. The third kappa shape index (κ3) is 3.25. The first-order chi connectivity index (χ1) is 12.1. The fourth-order valence-electron chi connectivity index (χ4n) is 3.24. The first-order valence-corrected chi connectivity index (χ1v) is 11.4. The third-order valence-corrected chi connectivity index (χ3v) is 9.15. The Labute approximate surface area is 155 Å². The first-order valence-electron chi connectivity index (χ1n) is 7.74. The van der Waals surface area contributed by atoms with Crippen LogP contribution in [0, 0.1) is 11.6 Å². The average molecular weight is 421 g/mol. The Bertz CT molecular complexity index is 1030. The zero-order chi connectivity index (χ0) is 19.2. The Hall–Kier alpha value is -1.51. The highest BCUT2D eigenvalue weighted by molar-refractivity contribution is 7.93. The molecule has 1 aliphatic rings. The molecule has 2 aromatic rings. The maximum absolute atomic E-state index is 14.5. The summed E-state index contributed by atoms with van der Waals surface area (Å²) in [6.07, 6.45) is -0.693. The van der Waals surface area contributed by atoms with Gasteiger partial charge in [0.1, 0.15) is 26.2 Å². The zero-order valence-corrected chi connectivity index (χ0v) is 15.8. The fraction of sp³-hybridized carbons (Fsp3) is 0.294. The quantitative estimate of drug-likeness (QED) is 0.762. The van der Waals surface area contributed by atoms with Crippen molar-refractivity contribution in [3.05, 3.63) is 64.7 Å². The van der Waals surface area contributed by atoms with Crippen LogP contribution in [0.2, 0.25) is 5.02 Å². The third-order valence-electron chi connectivity index (χ3n) is 4.69. The van der Waals surface area contributed by atoms with Crippen molar-refractivity contribution < 1.29 is 25.6 Å². The molecule has 1 aliphatic heterocycles. The van der Waals surface area contributed by atoms with Gasteiger partial charge in [-0.15, -0.1) is 0 Å². The molecule has 0 atom stereocenters. The Morgan fingerprint density at radius 1 is 0.962 bits per heavy atom. The first kappa shape index (κ1) is 19.3. The molecule has 0 saturated carbocycles. The van der Waals surface area contributed by atoms with Gasteiger partial charge in [-0.25, -0.2) is 25.6 Å². The van der Waals surface area contributed by atoms with Crippen LogP contribution in [0.4, 0.5) is 8.78 Å². The maximum Gasteiger partial charge on any atom is 0.188 e. The van der Waals surface area contributed by atoms with Crippen LogP contribution in [0.15, 0.2) is 47.4 Å². The van der Waals surface area contributed by atoms with E-state index in [2.05, 4.69) is 0 Å². The summed E-state index contributed by atoms with van der Waals surface area (Å²) in [6, 6.07) is 7.89. The van der Waals surface area contributed by atoms with Crippen molar-refractivity contribution in [3.63, 3.8) is 0 Å². The van der Waals surface area contributed by atoms with Crippen molar-refractivity contribution in [3.8, 4) is 0 Å². The molecule has 0 aromatic heterocycles. The van der Waals surface area contributed by atoms with Crippen LogP contribution in [0.1, 0.15) is 18.4 Å². The van der Waals surface area contributed by atoms with E-state index in [1.165, 1.54) is 24.3 Å². The predicted molar refractivity (Wildman–Crippen MR) is 94.6 cm³/mol. The van der Waals surface area contributed by atoms with Gasteiger partial charge in [0.2, 0.25) is 0 Å². The number of hydrogen-bond acceptors (Lipinski definition) is 4. The second-order valence-electron chi connectivity index (χ2n) is 6.23. The average Bonchev–Trinajstić information content (AvgIpc) is 2.58. The summed E-state index contributed by atoms with van der Waals surface area (Å²) < 4.78 is 76.8. The van der Waals surface area contributed by atoms with Crippen molar-refractivity contribution >= 4 is 31.3 Å². The van der Waals surface area contributed by atoms with Crippen LogP contribution >= 0.6 is 11.6 Å². The Balaban J connectivity index is 2.25. The van der Waals surface area contributed by atoms with Crippen LogP contribution in [0.25, 0.3) is 0 Å². The van der Waals surface area contributed by atoms with E-state index in [1.54, 1.807) is 0 Å². The number of sulfone groups is 2. The molecule has 0 radical (unpaired) electrons. The van der Waals surface area contributed by atoms with E-state index in [0.29, 0.717) is 5.02 Å². The lowest BCUT2D eigenvalue weighted by Crippen LogP contribution is -2.44. The minimum Gasteiger partial charge on any atom is -0.229 e. The smallest absolute Gasteiger partial charge is 0.188 e. The normalized spacial score (nSPS) is 19.2. The lowest BCUT2D eigenvalue weighted by molar-refractivity contribution is 0.452. The van der Waals surface area contributed by atoms with Gasteiger partial charge < -0.3 is 0 Å². The highest BCUT2D eigenvalue weighted by Gasteiger charge is 2.51. The molecule has 0 N–H and O–H groups in total. The van der Waals surface area contributed by atoms with Gasteiger partial charge in [0, 0.05) is 10.6 Å². The summed E-state index contributed by atoms with van der Waals surface area (Å²) in [4.78, 5) is -0.121. The van der Waals surface area contributed by atoms with Gasteiger partial charge >= 0.3 is 0 Å². The van der Waals surface area contributed by atoms with E-state index in [1.807, 2.05) is 0 Å². The van der Waals surface area contributed by atoms with Gasteiger partial charge in [-0.05, 0) is 55.3 Å². The SMILES string of the molecule is O=S1(=O)CCC(c2cc(F)ccc2F)(S(=O)(=O)c2ccc(Cl)cc2)CC1. The Morgan fingerprint density at radius 2 is 1.54 bits per heavy atom.